The van der Waals surface area contributed by atoms with Crippen LogP contribution in [-0.2, 0) is 0 Å². The summed E-state index contributed by atoms with van der Waals surface area (Å²) in [6.07, 6.45) is 4.26. The molecule has 2 aromatic heterocycles. The summed E-state index contributed by atoms with van der Waals surface area (Å²) < 4.78 is 0. The molecule has 218 valence electrons. The van der Waals surface area contributed by atoms with Crippen molar-refractivity contribution in [1.82, 2.24) is 9.97 Å². The molecule has 0 spiro atoms. The lowest BCUT2D eigenvalue weighted by atomic mass is 9.93. The van der Waals surface area contributed by atoms with E-state index in [2.05, 4.69) is 192 Å². The maximum absolute atomic E-state index is 3.60. The molecule has 8 rings (SSSR count). The van der Waals surface area contributed by atoms with Gasteiger partial charge in [0.15, 0.2) is 0 Å². The third-order valence-electron chi connectivity index (χ3n) is 8.74. The molecule has 2 nitrogen and oxygen atoms in total. The molecule has 0 saturated heterocycles. The molecule has 0 atom stereocenters. The van der Waals surface area contributed by atoms with Crippen molar-refractivity contribution in [3.05, 3.63) is 182 Å². The first kappa shape index (κ1) is 27.4. The molecule has 0 radical (unpaired) electrons. The fourth-order valence-electron chi connectivity index (χ4n) is 6.46. The highest BCUT2D eigenvalue weighted by molar-refractivity contribution is 5.95. The van der Waals surface area contributed by atoms with Crippen LogP contribution in [0.1, 0.15) is 0 Å². The predicted octanol–water partition coefficient (Wildman–Crippen LogP) is 12.0. The molecule has 8 aromatic rings. The Morgan fingerprint density at radius 3 is 0.848 bits per heavy atom. The van der Waals surface area contributed by atoms with E-state index in [0.29, 0.717) is 0 Å². The van der Waals surface area contributed by atoms with Crippen LogP contribution in [0.3, 0.4) is 0 Å². The molecular formula is C44H32N2. The molecule has 0 unspecified atom stereocenters. The van der Waals surface area contributed by atoms with Gasteiger partial charge >= 0.3 is 0 Å². The number of rotatable bonds is 7. The zero-order chi connectivity index (χ0) is 30.7. The molecule has 0 aliphatic heterocycles. The van der Waals surface area contributed by atoms with Crippen molar-refractivity contribution >= 4 is 0 Å². The van der Waals surface area contributed by atoms with Gasteiger partial charge in [0.25, 0.3) is 0 Å². The molecular weight excluding hydrogens is 556 g/mol. The maximum atomic E-state index is 3.60. The number of hydrogen-bond donors (Lipinski definition) is 2. The lowest BCUT2D eigenvalue weighted by Gasteiger charge is -2.11. The SMILES string of the molecule is c1ccc(-c2c[nH]c(-c3ccc(-c4ccc(-c5[nH]cc(-c6ccccc6)c5-c5ccccc5)cc4)cc3)c2-c2ccccc2)cc1. The van der Waals surface area contributed by atoms with Gasteiger partial charge in [-0.25, -0.2) is 0 Å². The van der Waals surface area contributed by atoms with Crippen molar-refractivity contribution in [2.75, 3.05) is 0 Å². The first-order valence-corrected chi connectivity index (χ1v) is 15.7. The van der Waals surface area contributed by atoms with Gasteiger partial charge in [-0.3, -0.25) is 0 Å². The molecule has 2 heterocycles. The van der Waals surface area contributed by atoms with E-state index in [1.807, 2.05) is 0 Å². The molecule has 0 saturated carbocycles. The summed E-state index contributed by atoms with van der Waals surface area (Å²) in [5, 5.41) is 0. The highest BCUT2D eigenvalue weighted by Crippen LogP contribution is 2.42. The number of aromatic nitrogens is 2. The Morgan fingerprint density at radius 1 is 0.239 bits per heavy atom. The predicted molar refractivity (Wildman–Crippen MR) is 193 cm³/mol. The topological polar surface area (TPSA) is 31.6 Å². The molecule has 6 aromatic carbocycles. The largest absolute Gasteiger partial charge is 0.360 e. The number of benzene rings is 6. The van der Waals surface area contributed by atoms with Crippen molar-refractivity contribution in [3.8, 4) is 78.1 Å². The summed E-state index contributed by atoms with van der Waals surface area (Å²) in [6.45, 7) is 0. The average molecular weight is 589 g/mol. The van der Waals surface area contributed by atoms with Crippen LogP contribution in [0.2, 0.25) is 0 Å². The van der Waals surface area contributed by atoms with E-state index in [1.165, 1.54) is 55.6 Å². The Labute approximate surface area is 269 Å². The minimum Gasteiger partial charge on any atom is -0.360 e. The lowest BCUT2D eigenvalue weighted by molar-refractivity contribution is 1.40. The minimum absolute atomic E-state index is 1.13. The van der Waals surface area contributed by atoms with Crippen molar-refractivity contribution in [2.45, 2.75) is 0 Å². The van der Waals surface area contributed by atoms with Gasteiger partial charge in [-0.15, -0.1) is 0 Å². The Kier molecular flexibility index (Phi) is 7.22. The van der Waals surface area contributed by atoms with E-state index < -0.39 is 0 Å². The van der Waals surface area contributed by atoms with E-state index in [0.717, 1.165) is 22.5 Å². The lowest BCUT2D eigenvalue weighted by Crippen LogP contribution is -1.87. The average Bonchev–Trinajstić information content (AvgIpc) is 3.79. The molecule has 2 N–H and O–H groups in total. The minimum atomic E-state index is 1.13. The zero-order valence-corrected chi connectivity index (χ0v) is 25.3. The van der Waals surface area contributed by atoms with Crippen molar-refractivity contribution in [2.24, 2.45) is 0 Å². The van der Waals surface area contributed by atoms with E-state index in [1.54, 1.807) is 0 Å². The van der Waals surface area contributed by atoms with E-state index in [-0.39, 0.29) is 0 Å². The number of H-pyrrole nitrogens is 2. The maximum Gasteiger partial charge on any atom is 0.0540 e. The smallest absolute Gasteiger partial charge is 0.0540 e. The van der Waals surface area contributed by atoms with Crippen molar-refractivity contribution in [1.29, 1.82) is 0 Å². The van der Waals surface area contributed by atoms with Crippen LogP contribution < -0.4 is 0 Å². The van der Waals surface area contributed by atoms with E-state index in [4.69, 9.17) is 0 Å². The highest BCUT2D eigenvalue weighted by Gasteiger charge is 2.18. The second kappa shape index (κ2) is 12.1. The number of aromatic amines is 2. The van der Waals surface area contributed by atoms with E-state index in [9.17, 15) is 0 Å². The van der Waals surface area contributed by atoms with E-state index >= 15 is 0 Å². The molecule has 46 heavy (non-hydrogen) atoms. The summed E-state index contributed by atoms with van der Waals surface area (Å²) in [4.78, 5) is 7.20. The van der Waals surface area contributed by atoms with Gasteiger partial charge in [0.2, 0.25) is 0 Å². The van der Waals surface area contributed by atoms with Gasteiger partial charge in [-0.1, -0.05) is 170 Å². The summed E-state index contributed by atoms with van der Waals surface area (Å²) in [6, 6.07) is 60.3. The summed E-state index contributed by atoms with van der Waals surface area (Å²) >= 11 is 0. The van der Waals surface area contributed by atoms with Crippen molar-refractivity contribution in [3.63, 3.8) is 0 Å². The highest BCUT2D eigenvalue weighted by atomic mass is 14.7. The quantitative estimate of drug-likeness (QED) is 0.186. The number of hydrogen-bond acceptors (Lipinski definition) is 0. The molecule has 0 fully saturated rings. The number of nitrogens with one attached hydrogen (secondary N) is 2. The van der Waals surface area contributed by atoms with Gasteiger partial charge in [0.05, 0.1) is 11.4 Å². The third kappa shape index (κ3) is 5.16. The van der Waals surface area contributed by atoms with Crippen molar-refractivity contribution < 1.29 is 0 Å². The second-order valence-electron chi connectivity index (χ2n) is 11.5. The van der Waals surface area contributed by atoms with Crippen LogP contribution in [0.4, 0.5) is 0 Å². The molecule has 0 aliphatic carbocycles. The fraction of sp³-hybridized carbons (Fsp3) is 0. The summed E-state index contributed by atoms with van der Waals surface area (Å²) in [5.74, 6) is 0. The Hall–Kier alpha value is -6.12. The Bertz CT molecular complexity index is 2030. The first-order valence-electron chi connectivity index (χ1n) is 15.7. The molecule has 0 bridgehead atoms. The second-order valence-corrected chi connectivity index (χ2v) is 11.5. The summed E-state index contributed by atoms with van der Waals surface area (Å²) in [7, 11) is 0. The van der Waals surface area contributed by atoms with Gasteiger partial charge in [0, 0.05) is 34.6 Å². The van der Waals surface area contributed by atoms with Crippen LogP contribution in [0.5, 0.6) is 0 Å². The summed E-state index contributed by atoms with van der Waals surface area (Å²) in [5.41, 5.74) is 16.6. The molecule has 0 aliphatic rings. The van der Waals surface area contributed by atoms with Gasteiger partial charge in [-0.2, -0.15) is 0 Å². The monoisotopic (exact) mass is 588 g/mol. The Balaban J connectivity index is 1.13. The van der Waals surface area contributed by atoms with Crippen LogP contribution >= 0.6 is 0 Å². The van der Waals surface area contributed by atoms with Gasteiger partial charge in [-0.05, 0) is 44.5 Å². The fourth-order valence-corrected chi connectivity index (χ4v) is 6.46. The Morgan fingerprint density at radius 2 is 0.522 bits per heavy atom. The van der Waals surface area contributed by atoms with Gasteiger partial charge in [0.1, 0.15) is 0 Å². The van der Waals surface area contributed by atoms with Crippen LogP contribution in [0.15, 0.2) is 182 Å². The standard InChI is InChI=1S/C44H32N2/c1-5-13-33(14-6-1)39-29-45-43(41(39)35-17-9-3-10-18-35)37-25-21-31(22-26-37)32-23-27-38(28-24-32)44-42(36-19-11-4-12-20-36)40(30-46-44)34-15-7-2-8-16-34/h1-30,45-46H. The van der Waals surface area contributed by atoms with Crippen LogP contribution in [-0.4, -0.2) is 9.97 Å². The normalized spacial score (nSPS) is 11.0. The molecule has 0 amide bonds. The first-order chi connectivity index (χ1) is 22.8. The van der Waals surface area contributed by atoms with Gasteiger partial charge < -0.3 is 9.97 Å². The van der Waals surface area contributed by atoms with Crippen LogP contribution in [0.25, 0.3) is 78.1 Å². The van der Waals surface area contributed by atoms with Crippen LogP contribution in [0, 0.1) is 0 Å². The zero-order valence-electron chi connectivity index (χ0n) is 25.3. The molecule has 2 heteroatoms. The third-order valence-corrected chi connectivity index (χ3v) is 8.74.